The highest BCUT2D eigenvalue weighted by Crippen LogP contribution is 2.31. The Morgan fingerprint density at radius 3 is 2.57 bits per heavy atom. The molecule has 9 heteroatoms. The number of primary amides is 1. The van der Waals surface area contributed by atoms with Crippen molar-refractivity contribution >= 4 is 46.7 Å². The molecule has 1 aromatic rings. The molecule has 1 atom stereocenters. The Kier molecular flexibility index (Phi) is 7.64. The van der Waals surface area contributed by atoms with E-state index in [2.05, 4.69) is 15.5 Å². The lowest BCUT2D eigenvalue weighted by molar-refractivity contribution is -0.121. The summed E-state index contributed by atoms with van der Waals surface area (Å²) in [5, 5.41) is 11.0. The van der Waals surface area contributed by atoms with E-state index in [9.17, 15) is 9.59 Å². The number of nitrogens with one attached hydrogen (secondary N) is 1. The van der Waals surface area contributed by atoms with Crippen LogP contribution in [0.25, 0.3) is 0 Å². The molecule has 1 unspecified atom stereocenters. The maximum Gasteiger partial charge on any atom is 0.233 e. The van der Waals surface area contributed by atoms with Crippen LogP contribution in [0.3, 0.4) is 0 Å². The maximum atomic E-state index is 12.3. The first-order chi connectivity index (χ1) is 11.0. The second-order valence-electron chi connectivity index (χ2n) is 5.55. The minimum absolute atomic E-state index is 0.0587. The Morgan fingerprint density at radius 1 is 1.26 bits per heavy atom. The van der Waals surface area contributed by atoms with Gasteiger partial charge in [0.1, 0.15) is 0 Å². The fourth-order valence-corrected chi connectivity index (χ4v) is 5.30. The van der Waals surface area contributed by atoms with Crippen molar-refractivity contribution in [3.8, 4) is 0 Å². The molecule has 1 aliphatic rings. The fraction of sp³-hybridized carbons (Fsp3) is 0.714. The Balaban J connectivity index is 1.79. The van der Waals surface area contributed by atoms with E-state index in [1.807, 2.05) is 6.92 Å². The van der Waals surface area contributed by atoms with E-state index in [1.54, 1.807) is 0 Å². The topological polar surface area (TPSA) is 98.0 Å². The normalized spacial score (nSPS) is 17.4. The smallest absolute Gasteiger partial charge is 0.233 e. The molecule has 3 N–H and O–H groups in total. The summed E-state index contributed by atoms with van der Waals surface area (Å²) >= 11 is 4.06. The number of nitrogens with zero attached hydrogens (tertiary/aromatic N) is 2. The molecule has 1 saturated carbocycles. The van der Waals surface area contributed by atoms with Crippen LogP contribution in [-0.2, 0) is 9.59 Å². The first kappa shape index (κ1) is 18.5. The minimum atomic E-state index is -0.379. The molecule has 1 aliphatic carbocycles. The van der Waals surface area contributed by atoms with Crippen LogP contribution in [0.2, 0.25) is 0 Å². The van der Waals surface area contributed by atoms with Crippen LogP contribution in [0, 0.1) is 0 Å². The number of thioether (sulfide) groups is 2. The van der Waals surface area contributed by atoms with Gasteiger partial charge in [0, 0.05) is 6.04 Å². The molecular weight excluding hydrogens is 352 g/mol. The monoisotopic (exact) mass is 374 g/mol. The molecule has 1 fully saturated rings. The van der Waals surface area contributed by atoms with Crippen molar-refractivity contribution in [2.45, 2.75) is 65.4 Å². The van der Waals surface area contributed by atoms with Crippen molar-refractivity contribution in [1.29, 1.82) is 0 Å². The summed E-state index contributed by atoms with van der Waals surface area (Å²) in [7, 11) is 0. The summed E-state index contributed by atoms with van der Waals surface area (Å²) in [5.41, 5.74) is 5.11. The van der Waals surface area contributed by atoms with Crippen LogP contribution < -0.4 is 11.1 Å². The number of hydrogen-bond donors (Lipinski definition) is 2. The van der Waals surface area contributed by atoms with Crippen molar-refractivity contribution in [2.24, 2.45) is 5.73 Å². The van der Waals surface area contributed by atoms with Crippen molar-refractivity contribution in [1.82, 2.24) is 15.5 Å². The quantitative estimate of drug-likeness (QED) is 0.562. The zero-order chi connectivity index (χ0) is 16.7. The zero-order valence-electron chi connectivity index (χ0n) is 13.1. The molecule has 2 rings (SSSR count). The van der Waals surface area contributed by atoms with E-state index < -0.39 is 0 Å². The third kappa shape index (κ3) is 6.68. The molecule has 6 nitrogen and oxygen atoms in total. The van der Waals surface area contributed by atoms with Crippen LogP contribution in [0.15, 0.2) is 8.68 Å². The van der Waals surface area contributed by atoms with Gasteiger partial charge in [0.25, 0.3) is 0 Å². The first-order valence-electron chi connectivity index (χ1n) is 7.76. The molecule has 0 spiro atoms. The summed E-state index contributed by atoms with van der Waals surface area (Å²) in [6, 6.07) is 0.309. The summed E-state index contributed by atoms with van der Waals surface area (Å²) in [5.74, 6) is -0.129. The van der Waals surface area contributed by atoms with Gasteiger partial charge in [-0.05, 0) is 19.8 Å². The zero-order valence-corrected chi connectivity index (χ0v) is 15.6. The highest BCUT2D eigenvalue weighted by atomic mass is 32.2. The predicted molar refractivity (Wildman–Crippen MR) is 94.8 cm³/mol. The summed E-state index contributed by atoms with van der Waals surface area (Å²) in [6.07, 6.45) is 7.10. The molecule has 23 heavy (non-hydrogen) atoms. The third-order valence-electron chi connectivity index (χ3n) is 3.57. The minimum Gasteiger partial charge on any atom is -0.369 e. The molecule has 0 bridgehead atoms. The van der Waals surface area contributed by atoms with E-state index in [0.29, 0.717) is 10.4 Å². The lowest BCUT2D eigenvalue weighted by atomic mass is 10.1. The molecule has 0 aliphatic heterocycles. The van der Waals surface area contributed by atoms with Gasteiger partial charge in [0.05, 0.1) is 11.0 Å². The van der Waals surface area contributed by atoms with E-state index in [-0.39, 0.29) is 22.8 Å². The molecule has 1 aromatic heterocycles. The van der Waals surface area contributed by atoms with Crippen LogP contribution in [-0.4, -0.2) is 39.1 Å². The number of carbonyl (C=O) groups is 2. The Morgan fingerprint density at radius 2 is 1.91 bits per heavy atom. The maximum absolute atomic E-state index is 12.3. The van der Waals surface area contributed by atoms with Gasteiger partial charge in [0.15, 0.2) is 8.68 Å². The van der Waals surface area contributed by atoms with E-state index in [1.165, 1.54) is 60.5 Å². The summed E-state index contributed by atoms with van der Waals surface area (Å²) < 4.78 is 1.43. The molecule has 1 heterocycles. The second-order valence-corrected chi connectivity index (χ2v) is 9.33. The van der Waals surface area contributed by atoms with Crippen molar-refractivity contribution < 1.29 is 9.59 Å². The highest BCUT2D eigenvalue weighted by Gasteiger charge is 2.21. The third-order valence-corrected chi connectivity index (χ3v) is 6.84. The average Bonchev–Trinajstić information content (AvgIpc) is 2.79. The lowest BCUT2D eigenvalue weighted by Crippen LogP contribution is -2.39. The Bertz CT molecular complexity index is 530. The number of nitrogens with two attached hydrogens (primary N) is 1. The van der Waals surface area contributed by atoms with Gasteiger partial charge in [-0.15, -0.1) is 10.2 Å². The van der Waals surface area contributed by atoms with Crippen molar-refractivity contribution in [2.75, 3.05) is 5.75 Å². The Hall–Kier alpha value is -0.800. The number of rotatable bonds is 7. The van der Waals surface area contributed by atoms with Gasteiger partial charge in [-0.3, -0.25) is 9.59 Å². The fourth-order valence-electron chi connectivity index (χ4n) is 2.38. The van der Waals surface area contributed by atoms with Crippen molar-refractivity contribution in [3.05, 3.63) is 0 Å². The van der Waals surface area contributed by atoms with Gasteiger partial charge in [-0.1, -0.05) is 60.5 Å². The first-order valence-corrected chi connectivity index (χ1v) is 10.4. The molecule has 2 amide bonds. The van der Waals surface area contributed by atoms with E-state index in [0.717, 1.165) is 17.2 Å². The van der Waals surface area contributed by atoms with Crippen LogP contribution in [0.1, 0.15) is 45.4 Å². The van der Waals surface area contributed by atoms with Gasteiger partial charge < -0.3 is 11.1 Å². The van der Waals surface area contributed by atoms with Crippen molar-refractivity contribution in [3.63, 3.8) is 0 Å². The van der Waals surface area contributed by atoms with Gasteiger partial charge in [-0.25, -0.2) is 0 Å². The van der Waals surface area contributed by atoms with Crippen LogP contribution in [0.4, 0.5) is 0 Å². The molecular formula is C14H22N4O2S3. The number of aromatic nitrogens is 2. The number of carbonyl (C=O) groups excluding carboxylic acids is 2. The largest absolute Gasteiger partial charge is 0.369 e. The predicted octanol–water partition coefficient (Wildman–Crippen LogP) is 2.44. The van der Waals surface area contributed by atoms with Gasteiger partial charge >= 0.3 is 0 Å². The summed E-state index contributed by atoms with van der Waals surface area (Å²) in [6.45, 7) is 1.88. The van der Waals surface area contributed by atoms with E-state index in [4.69, 9.17) is 5.73 Å². The van der Waals surface area contributed by atoms with Gasteiger partial charge in [-0.2, -0.15) is 0 Å². The highest BCUT2D eigenvalue weighted by molar-refractivity contribution is 8.04. The lowest BCUT2D eigenvalue weighted by Gasteiger charge is -2.18. The number of hydrogen-bond acceptors (Lipinski definition) is 7. The average molecular weight is 375 g/mol. The molecule has 0 radical (unpaired) electrons. The molecule has 0 aromatic carbocycles. The number of amides is 2. The SMILES string of the molecule is CC(Sc1nnc(SCC(N)=O)s1)C(=O)NC1CCCCCC1. The summed E-state index contributed by atoms with van der Waals surface area (Å²) in [4.78, 5) is 23.1. The standard InChI is InChI=1S/C14H22N4O2S3/c1-9(12(20)16-10-6-4-2-3-5-7-10)22-14-18-17-13(23-14)21-8-11(15)19/h9-10H,2-8H2,1H3,(H2,15,19)(H,16,20). The van der Waals surface area contributed by atoms with Gasteiger partial charge in [0.2, 0.25) is 11.8 Å². The second kappa shape index (κ2) is 9.48. The van der Waals surface area contributed by atoms with E-state index >= 15 is 0 Å². The molecule has 0 saturated heterocycles. The van der Waals surface area contributed by atoms with Crippen LogP contribution >= 0.6 is 34.9 Å². The Labute approximate surface area is 148 Å². The molecule has 128 valence electrons. The van der Waals surface area contributed by atoms with Crippen LogP contribution in [0.5, 0.6) is 0 Å².